The summed E-state index contributed by atoms with van der Waals surface area (Å²) in [6, 6.07) is 2.06. The Morgan fingerprint density at radius 1 is 1.46 bits per heavy atom. The summed E-state index contributed by atoms with van der Waals surface area (Å²) >= 11 is 0. The number of hydrogen-bond donors (Lipinski definition) is 2. The van der Waals surface area contributed by atoms with E-state index in [1.165, 1.54) is 18.4 Å². The highest BCUT2D eigenvalue weighted by Gasteiger charge is 2.24. The van der Waals surface area contributed by atoms with Crippen LogP contribution in [-0.2, 0) is 24.3 Å². The lowest BCUT2D eigenvalue weighted by Crippen LogP contribution is -2.38. The molecule has 0 unspecified atom stereocenters. The van der Waals surface area contributed by atoms with Crippen molar-refractivity contribution in [3.8, 4) is 0 Å². The molecule has 0 aromatic carbocycles. The van der Waals surface area contributed by atoms with Crippen LogP contribution in [0.25, 0.3) is 0 Å². The molecule has 2 aliphatic heterocycles. The Bertz CT molecular complexity index is 727. The largest absolute Gasteiger partial charge is 0.336 e. The Morgan fingerprint density at radius 3 is 3.21 bits per heavy atom. The summed E-state index contributed by atoms with van der Waals surface area (Å²) in [5.41, 5.74) is 4.43. The monoisotopic (exact) mass is 328 g/mol. The molecule has 2 aromatic rings. The van der Waals surface area contributed by atoms with Crippen LogP contribution in [0.4, 0.5) is 0 Å². The van der Waals surface area contributed by atoms with E-state index in [4.69, 9.17) is 0 Å². The van der Waals surface area contributed by atoms with Gasteiger partial charge in [-0.25, -0.2) is 0 Å². The zero-order valence-corrected chi connectivity index (χ0v) is 14.1. The van der Waals surface area contributed by atoms with Gasteiger partial charge < -0.3 is 10.2 Å². The van der Waals surface area contributed by atoms with Crippen molar-refractivity contribution in [1.29, 1.82) is 0 Å². The van der Waals surface area contributed by atoms with Gasteiger partial charge in [0.25, 0.3) is 0 Å². The first kappa shape index (κ1) is 15.4. The Labute approximate surface area is 141 Å². The normalized spacial score (nSPS) is 20.9. The van der Waals surface area contributed by atoms with Gasteiger partial charge in [-0.1, -0.05) is 0 Å². The maximum atomic E-state index is 12.6. The molecule has 1 atom stereocenters. The molecule has 128 valence electrons. The first-order valence-corrected chi connectivity index (χ1v) is 8.75. The van der Waals surface area contributed by atoms with Gasteiger partial charge in [-0.2, -0.15) is 10.2 Å². The second-order valence-electron chi connectivity index (χ2n) is 6.82. The van der Waals surface area contributed by atoms with Crippen LogP contribution in [0, 0.1) is 6.92 Å². The van der Waals surface area contributed by atoms with Crippen LogP contribution < -0.4 is 5.32 Å². The fraction of sp³-hybridized carbons (Fsp3) is 0.588. The Balaban J connectivity index is 1.40. The molecule has 24 heavy (non-hydrogen) atoms. The molecule has 0 spiro atoms. The highest BCUT2D eigenvalue weighted by Crippen LogP contribution is 2.22. The topological polar surface area (TPSA) is 78.8 Å². The van der Waals surface area contributed by atoms with Gasteiger partial charge in [0.1, 0.15) is 6.54 Å². The molecule has 1 saturated heterocycles. The van der Waals surface area contributed by atoms with E-state index in [-0.39, 0.29) is 5.91 Å². The number of aromatic amines is 1. The van der Waals surface area contributed by atoms with Crippen LogP contribution in [0.2, 0.25) is 0 Å². The summed E-state index contributed by atoms with van der Waals surface area (Å²) in [6.07, 6.45) is 5.12. The lowest BCUT2D eigenvalue weighted by Gasteiger charge is -2.26. The van der Waals surface area contributed by atoms with Crippen molar-refractivity contribution in [2.75, 3.05) is 19.6 Å². The third-order valence-electron chi connectivity index (χ3n) is 5.15. The number of piperidine rings is 1. The number of hydrogen-bond acceptors (Lipinski definition) is 4. The molecule has 7 heteroatoms. The molecule has 0 saturated carbocycles. The van der Waals surface area contributed by atoms with Crippen molar-refractivity contribution in [3.05, 3.63) is 34.9 Å². The number of nitrogens with one attached hydrogen (secondary N) is 2. The molecule has 2 aromatic heterocycles. The first-order chi connectivity index (χ1) is 11.7. The fourth-order valence-corrected chi connectivity index (χ4v) is 3.67. The van der Waals surface area contributed by atoms with Gasteiger partial charge >= 0.3 is 0 Å². The molecule has 4 rings (SSSR count). The van der Waals surface area contributed by atoms with E-state index in [9.17, 15) is 4.79 Å². The average Bonchev–Trinajstić information content (AvgIpc) is 3.23. The standard InChI is InChI=1S/C17H24N6O/c1-12-14-10-22(7-4-16(14)20-19-12)17(24)11-23-8-5-15(21-23)13-3-2-6-18-9-13/h5,8,13,18H,2-4,6-7,9-11H2,1H3,(H,19,20)/t13-/m0/s1. The Morgan fingerprint density at radius 2 is 2.38 bits per heavy atom. The highest BCUT2D eigenvalue weighted by molar-refractivity contribution is 5.76. The van der Waals surface area contributed by atoms with Gasteiger partial charge in [-0.3, -0.25) is 14.6 Å². The van der Waals surface area contributed by atoms with Crippen molar-refractivity contribution in [2.45, 2.75) is 45.2 Å². The summed E-state index contributed by atoms with van der Waals surface area (Å²) in [5.74, 6) is 0.596. The van der Waals surface area contributed by atoms with E-state index in [0.29, 0.717) is 19.0 Å². The van der Waals surface area contributed by atoms with E-state index in [0.717, 1.165) is 43.1 Å². The molecule has 4 heterocycles. The number of aryl methyl sites for hydroxylation is 1. The lowest BCUT2D eigenvalue weighted by atomic mass is 9.97. The van der Waals surface area contributed by atoms with E-state index in [1.54, 1.807) is 4.68 Å². The number of fused-ring (bicyclic) bond motifs is 1. The molecule has 0 radical (unpaired) electrons. The Kier molecular flexibility index (Phi) is 4.10. The number of carbonyl (C=O) groups excluding carboxylic acids is 1. The molecular weight excluding hydrogens is 304 g/mol. The second-order valence-corrected chi connectivity index (χ2v) is 6.82. The van der Waals surface area contributed by atoms with Gasteiger partial charge in [0.15, 0.2) is 0 Å². The first-order valence-electron chi connectivity index (χ1n) is 8.75. The summed E-state index contributed by atoms with van der Waals surface area (Å²) in [7, 11) is 0. The van der Waals surface area contributed by atoms with Crippen molar-refractivity contribution in [3.63, 3.8) is 0 Å². The molecule has 0 bridgehead atoms. The molecule has 2 N–H and O–H groups in total. The van der Waals surface area contributed by atoms with Crippen molar-refractivity contribution in [2.24, 2.45) is 0 Å². The number of amides is 1. The molecule has 0 aliphatic carbocycles. The van der Waals surface area contributed by atoms with Crippen LogP contribution in [0.15, 0.2) is 12.3 Å². The number of H-pyrrole nitrogens is 1. The summed E-state index contributed by atoms with van der Waals surface area (Å²) in [4.78, 5) is 14.5. The van der Waals surface area contributed by atoms with E-state index in [1.807, 2.05) is 18.0 Å². The third-order valence-corrected chi connectivity index (χ3v) is 5.15. The minimum atomic E-state index is 0.123. The van der Waals surface area contributed by atoms with E-state index < -0.39 is 0 Å². The van der Waals surface area contributed by atoms with Crippen molar-refractivity contribution < 1.29 is 4.79 Å². The van der Waals surface area contributed by atoms with Gasteiger partial charge in [0.2, 0.25) is 5.91 Å². The predicted molar refractivity (Wildman–Crippen MR) is 89.5 cm³/mol. The fourth-order valence-electron chi connectivity index (χ4n) is 3.67. The lowest BCUT2D eigenvalue weighted by molar-refractivity contribution is -0.133. The zero-order valence-electron chi connectivity index (χ0n) is 14.1. The average molecular weight is 328 g/mol. The second kappa shape index (κ2) is 6.39. The Hall–Kier alpha value is -2.15. The van der Waals surface area contributed by atoms with Gasteiger partial charge in [0, 0.05) is 49.4 Å². The summed E-state index contributed by atoms with van der Waals surface area (Å²) < 4.78 is 1.78. The molecule has 7 nitrogen and oxygen atoms in total. The van der Waals surface area contributed by atoms with Crippen molar-refractivity contribution >= 4 is 5.91 Å². The van der Waals surface area contributed by atoms with Crippen LogP contribution in [0.1, 0.15) is 41.4 Å². The minimum absolute atomic E-state index is 0.123. The van der Waals surface area contributed by atoms with Gasteiger partial charge in [-0.05, 0) is 32.4 Å². The van der Waals surface area contributed by atoms with Crippen molar-refractivity contribution in [1.82, 2.24) is 30.2 Å². The number of nitrogens with zero attached hydrogens (tertiary/aromatic N) is 4. The summed E-state index contributed by atoms with van der Waals surface area (Å²) in [6.45, 7) is 5.79. The van der Waals surface area contributed by atoms with E-state index in [2.05, 4.69) is 26.7 Å². The minimum Gasteiger partial charge on any atom is -0.336 e. The van der Waals surface area contributed by atoms with E-state index >= 15 is 0 Å². The predicted octanol–water partition coefficient (Wildman–Crippen LogP) is 0.967. The maximum Gasteiger partial charge on any atom is 0.244 e. The quantitative estimate of drug-likeness (QED) is 0.880. The number of aromatic nitrogens is 4. The zero-order chi connectivity index (χ0) is 16.5. The molecular formula is C17H24N6O. The number of rotatable bonds is 3. The van der Waals surface area contributed by atoms with Crippen LogP contribution in [0.5, 0.6) is 0 Å². The maximum absolute atomic E-state index is 12.6. The van der Waals surface area contributed by atoms with Gasteiger partial charge in [0.05, 0.1) is 11.4 Å². The van der Waals surface area contributed by atoms with Gasteiger partial charge in [-0.15, -0.1) is 0 Å². The third kappa shape index (κ3) is 2.96. The number of carbonyl (C=O) groups is 1. The SMILES string of the molecule is Cc1[nH]nc2c1CN(C(=O)Cn1ccc([C@H]3CCCNC3)n1)CC2. The smallest absolute Gasteiger partial charge is 0.244 e. The van der Waals surface area contributed by atoms with Crippen LogP contribution in [0.3, 0.4) is 0 Å². The molecule has 2 aliphatic rings. The molecule has 1 fully saturated rings. The molecule has 1 amide bonds. The highest BCUT2D eigenvalue weighted by atomic mass is 16.2. The van der Waals surface area contributed by atoms with Crippen LogP contribution in [-0.4, -0.2) is 50.4 Å². The van der Waals surface area contributed by atoms with Crippen LogP contribution >= 0.6 is 0 Å². The summed E-state index contributed by atoms with van der Waals surface area (Å²) in [5, 5.41) is 15.4.